The average Bonchev–Trinajstić information content (AvgIpc) is 3.18. The zero-order valence-corrected chi connectivity index (χ0v) is 23.9. The van der Waals surface area contributed by atoms with Crippen molar-refractivity contribution in [2.75, 3.05) is 48.3 Å². The minimum atomic E-state index is 0.738. The molecule has 1 aliphatic heterocycles. The summed E-state index contributed by atoms with van der Waals surface area (Å²) in [5.41, 5.74) is 10.7. The quantitative estimate of drug-likeness (QED) is 0.251. The zero-order chi connectivity index (χ0) is 26.1. The lowest BCUT2D eigenvalue weighted by Crippen LogP contribution is -2.46. The molecule has 5 rings (SSSR count). The number of hydrogen-bond acceptors (Lipinski definition) is 3. The maximum Gasteiger partial charge on any atom is 0.0565 e. The molecule has 0 unspecified atom stereocenters. The normalized spacial score (nSPS) is 13.6. The molecule has 0 aliphatic carbocycles. The molecule has 1 aromatic heterocycles. The van der Waals surface area contributed by atoms with Gasteiger partial charge in [0.1, 0.15) is 0 Å². The van der Waals surface area contributed by atoms with Gasteiger partial charge in [0, 0.05) is 83.7 Å². The molecule has 4 aromatic rings. The second-order valence-electron chi connectivity index (χ2n) is 9.46. The molecule has 1 saturated heterocycles. The number of hydrogen-bond donors (Lipinski definition) is 1. The molecule has 4 nitrogen and oxygen atoms in total. The summed E-state index contributed by atoms with van der Waals surface area (Å²) >= 11 is 10.0. The lowest BCUT2D eigenvalue weighted by atomic mass is 9.96. The monoisotopic (exact) mass is 574 g/mol. The Morgan fingerprint density at radius 1 is 0.865 bits per heavy atom. The van der Waals surface area contributed by atoms with Crippen molar-refractivity contribution >= 4 is 50.7 Å². The second-order valence-corrected chi connectivity index (χ2v) is 10.8. The molecule has 190 valence electrons. The van der Waals surface area contributed by atoms with E-state index in [2.05, 4.69) is 111 Å². The number of aromatic nitrogens is 1. The Labute approximate surface area is 233 Å². The van der Waals surface area contributed by atoms with Crippen molar-refractivity contribution in [3.8, 4) is 22.4 Å². The molecule has 1 aliphatic rings. The lowest BCUT2D eigenvalue weighted by molar-refractivity contribution is 0.653. The Morgan fingerprint density at radius 2 is 1.49 bits per heavy atom. The summed E-state index contributed by atoms with van der Waals surface area (Å²) in [5, 5.41) is 3.93. The Balaban J connectivity index is 1.48. The van der Waals surface area contributed by atoms with E-state index >= 15 is 0 Å². The van der Waals surface area contributed by atoms with Gasteiger partial charge in [0.2, 0.25) is 0 Å². The van der Waals surface area contributed by atoms with Crippen LogP contribution in [0.25, 0.3) is 28.5 Å². The number of halogens is 2. The number of rotatable bonds is 6. The van der Waals surface area contributed by atoms with Crippen LogP contribution < -0.4 is 15.1 Å². The fourth-order valence-electron chi connectivity index (χ4n) is 5.28. The first-order valence-corrected chi connectivity index (χ1v) is 13.7. The number of anilines is 3. The predicted octanol–water partition coefficient (Wildman–Crippen LogP) is 8.09. The Morgan fingerprint density at radius 3 is 2.08 bits per heavy atom. The van der Waals surface area contributed by atoms with Crippen LogP contribution in [0.5, 0.6) is 0 Å². The number of nitrogens with zero attached hydrogens (tertiary/aromatic N) is 3. The van der Waals surface area contributed by atoms with Crippen LogP contribution in [0, 0.1) is 6.92 Å². The van der Waals surface area contributed by atoms with E-state index in [9.17, 15) is 0 Å². The fraction of sp³-hybridized carbons (Fsp3) is 0.226. The third kappa shape index (κ3) is 5.03. The van der Waals surface area contributed by atoms with Gasteiger partial charge in [0.05, 0.1) is 5.69 Å². The van der Waals surface area contributed by atoms with Crippen molar-refractivity contribution in [3.05, 3.63) is 94.1 Å². The highest BCUT2D eigenvalue weighted by molar-refractivity contribution is 9.10. The van der Waals surface area contributed by atoms with Gasteiger partial charge in [0.15, 0.2) is 0 Å². The summed E-state index contributed by atoms with van der Waals surface area (Å²) in [7, 11) is 4.07. The minimum Gasteiger partial charge on any atom is -0.388 e. The number of nitrogens with one attached hydrogen (secondary N) is 1. The second kappa shape index (κ2) is 10.7. The topological polar surface area (TPSA) is 23.4 Å². The molecular weight excluding hydrogens is 544 g/mol. The first kappa shape index (κ1) is 25.5. The molecule has 0 saturated carbocycles. The predicted molar refractivity (Wildman–Crippen MR) is 164 cm³/mol. The minimum absolute atomic E-state index is 0.738. The van der Waals surface area contributed by atoms with Crippen LogP contribution in [-0.4, -0.2) is 37.8 Å². The highest BCUT2D eigenvalue weighted by Crippen LogP contribution is 2.42. The van der Waals surface area contributed by atoms with Gasteiger partial charge in [0.25, 0.3) is 0 Å². The molecule has 1 N–H and O–H groups in total. The molecule has 0 radical (unpaired) electrons. The highest BCUT2D eigenvalue weighted by Gasteiger charge is 2.23. The van der Waals surface area contributed by atoms with Crippen molar-refractivity contribution < 1.29 is 0 Å². The van der Waals surface area contributed by atoms with Crippen LogP contribution in [0.2, 0.25) is 5.02 Å². The molecule has 1 fully saturated rings. The van der Waals surface area contributed by atoms with Crippen LogP contribution >= 0.6 is 27.5 Å². The van der Waals surface area contributed by atoms with Crippen LogP contribution in [-0.2, 0) is 7.05 Å². The fourth-order valence-corrected chi connectivity index (χ4v) is 5.88. The van der Waals surface area contributed by atoms with Crippen molar-refractivity contribution in [2.24, 2.45) is 7.05 Å². The molecule has 6 heteroatoms. The van der Waals surface area contributed by atoms with E-state index in [1.807, 2.05) is 25.3 Å². The summed E-state index contributed by atoms with van der Waals surface area (Å²) in [6, 6.07) is 23.5. The van der Waals surface area contributed by atoms with E-state index in [-0.39, 0.29) is 0 Å². The largest absolute Gasteiger partial charge is 0.388 e. The first-order valence-electron chi connectivity index (χ1n) is 12.6. The van der Waals surface area contributed by atoms with E-state index in [1.165, 1.54) is 33.9 Å². The molecule has 37 heavy (non-hydrogen) atoms. The van der Waals surface area contributed by atoms with Gasteiger partial charge < -0.3 is 19.7 Å². The molecule has 3 aromatic carbocycles. The molecule has 0 atom stereocenters. The van der Waals surface area contributed by atoms with Crippen molar-refractivity contribution in [3.63, 3.8) is 0 Å². The van der Waals surface area contributed by atoms with E-state index in [0.717, 1.165) is 52.5 Å². The standard InChI is InChI=1S/C31H32BrClN4/c1-5-29-21(2)35(4)31(22-6-8-25(33)9-7-22)30(29)23-18-24(32)20-28(19-23)37-16-14-36(15-17-37)27-12-10-26(34-3)11-13-27/h5-13,18-20,34H,1,14-17H2,2-4H3. The lowest BCUT2D eigenvalue weighted by Gasteiger charge is -2.37. The maximum atomic E-state index is 6.21. The molecule has 0 amide bonds. The number of benzene rings is 3. The van der Waals surface area contributed by atoms with Gasteiger partial charge in [-0.05, 0) is 72.6 Å². The Kier molecular flexibility index (Phi) is 7.36. The van der Waals surface area contributed by atoms with E-state index < -0.39 is 0 Å². The third-order valence-corrected chi connectivity index (χ3v) is 8.10. The zero-order valence-electron chi connectivity index (χ0n) is 21.6. The van der Waals surface area contributed by atoms with Gasteiger partial charge in [-0.25, -0.2) is 0 Å². The molecule has 2 heterocycles. The van der Waals surface area contributed by atoms with Crippen molar-refractivity contribution in [1.82, 2.24) is 4.57 Å². The first-order chi connectivity index (χ1) is 17.9. The third-order valence-electron chi connectivity index (χ3n) is 7.39. The summed E-state index contributed by atoms with van der Waals surface area (Å²) in [6.07, 6.45) is 1.97. The highest BCUT2D eigenvalue weighted by atomic mass is 79.9. The smallest absolute Gasteiger partial charge is 0.0565 e. The summed E-state index contributed by atoms with van der Waals surface area (Å²) in [5.74, 6) is 0. The van der Waals surface area contributed by atoms with E-state index in [4.69, 9.17) is 11.6 Å². The van der Waals surface area contributed by atoms with Gasteiger partial charge in [-0.1, -0.05) is 52.3 Å². The number of piperazine rings is 1. The summed E-state index contributed by atoms with van der Waals surface area (Å²) in [6.45, 7) is 10.2. The van der Waals surface area contributed by atoms with Crippen LogP contribution in [0.1, 0.15) is 11.3 Å². The van der Waals surface area contributed by atoms with Gasteiger partial charge >= 0.3 is 0 Å². The SMILES string of the molecule is C=Cc1c(-c2cc(Br)cc(N3CCN(c4ccc(NC)cc4)CC3)c2)c(-c2ccc(Cl)cc2)n(C)c1C. The van der Waals surface area contributed by atoms with Gasteiger partial charge in [-0.2, -0.15) is 0 Å². The van der Waals surface area contributed by atoms with Crippen LogP contribution in [0.3, 0.4) is 0 Å². The summed E-state index contributed by atoms with van der Waals surface area (Å²) < 4.78 is 3.33. The van der Waals surface area contributed by atoms with Gasteiger partial charge in [-0.3, -0.25) is 0 Å². The van der Waals surface area contributed by atoms with Crippen LogP contribution in [0.4, 0.5) is 17.1 Å². The van der Waals surface area contributed by atoms with Crippen molar-refractivity contribution in [1.29, 1.82) is 0 Å². The molecule has 0 bridgehead atoms. The molecule has 0 spiro atoms. The van der Waals surface area contributed by atoms with Crippen molar-refractivity contribution in [2.45, 2.75) is 6.92 Å². The van der Waals surface area contributed by atoms with Gasteiger partial charge in [-0.15, -0.1) is 0 Å². The van der Waals surface area contributed by atoms with Crippen LogP contribution in [0.15, 0.2) is 77.8 Å². The van der Waals surface area contributed by atoms with E-state index in [1.54, 1.807) is 0 Å². The summed E-state index contributed by atoms with van der Waals surface area (Å²) in [4.78, 5) is 4.95. The maximum absolute atomic E-state index is 6.21. The Hall–Kier alpha value is -3.15. The Bertz CT molecular complexity index is 1420. The average molecular weight is 576 g/mol. The van der Waals surface area contributed by atoms with E-state index in [0.29, 0.717) is 0 Å². The molecular formula is C31H32BrClN4.